The molecule has 112 valence electrons. The van der Waals surface area contributed by atoms with Crippen molar-refractivity contribution in [1.82, 2.24) is 4.98 Å². The number of H-pyrrole nitrogens is 1. The number of ether oxygens (including phenoxy) is 1. The predicted octanol–water partition coefficient (Wildman–Crippen LogP) is 3.41. The second-order valence-electron chi connectivity index (χ2n) is 4.90. The Morgan fingerprint density at radius 3 is 2.77 bits per heavy atom. The molecule has 22 heavy (non-hydrogen) atoms. The molecule has 0 spiro atoms. The van der Waals surface area contributed by atoms with Gasteiger partial charge in [0.2, 0.25) is 0 Å². The number of thioether (sulfide) groups is 1. The van der Waals surface area contributed by atoms with Crippen LogP contribution in [0, 0.1) is 0 Å². The van der Waals surface area contributed by atoms with Gasteiger partial charge >= 0.3 is 0 Å². The van der Waals surface area contributed by atoms with Crippen LogP contribution in [-0.2, 0) is 5.75 Å². The van der Waals surface area contributed by atoms with Crippen LogP contribution in [0.15, 0.2) is 58.2 Å². The van der Waals surface area contributed by atoms with Gasteiger partial charge in [-0.1, -0.05) is 12.1 Å². The highest BCUT2D eigenvalue weighted by molar-refractivity contribution is 7.98. The van der Waals surface area contributed by atoms with Gasteiger partial charge in [0, 0.05) is 32.8 Å². The monoisotopic (exact) mass is 312 g/mol. The second-order valence-corrected chi connectivity index (χ2v) is 5.92. The Morgan fingerprint density at radius 1 is 1.18 bits per heavy atom. The van der Waals surface area contributed by atoms with Crippen molar-refractivity contribution in [2.24, 2.45) is 0 Å². The normalized spacial score (nSPS) is 10.8. The highest BCUT2D eigenvalue weighted by Gasteiger charge is 2.06. The lowest BCUT2D eigenvalue weighted by atomic mass is 10.1. The number of aromatic nitrogens is 1. The molecular weight excluding hydrogens is 296 g/mol. The van der Waals surface area contributed by atoms with Crippen LogP contribution in [-0.4, -0.2) is 12.1 Å². The summed E-state index contributed by atoms with van der Waals surface area (Å²) in [4.78, 5) is 16.0. The summed E-state index contributed by atoms with van der Waals surface area (Å²) in [5, 5.41) is 0.954. The molecule has 0 aliphatic heterocycles. The number of pyridine rings is 1. The summed E-state index contributed by atoms with van der Waals surface area (Å²) in [7, 11) is 1.63. The molecule has 2 aromatic carbocycles. The van der Waals surface area contributed by atoms with Gasteiger partial charge in [0.15, 0.2) is 0 Å². The van der Waals surface area contributed by atoms with E-state index in [0.29, 0.717) is 11.3 Å². The molecule has 5 heteroatoms. The van der Waals surface area contributed by atoms with Crippen LogP contribution >= 0.6 is 11.8 Å². The van der Waals surface area contributed by atoms with Crippen molar-refractivity contribution in [2.45, 2.75) is 10.6 Å². The zero-order valence-electron chi connectivity index (χ0n) is 12.1. The number of methoxy groups -OCH3 is 1. The van der Waals surface area contributed by atoms with Crippen molar-refractivity contribution in [3.8, 4) is 5.75 Å². The van der Waals surface area contributed by atoms with E-state index in [0.717, 1.165) is 27.2 Å². The molecule has 0 saturated heterocycles. The van der Waals surface area contributed by atoms with Gasteiger partial charge in [0.25, 0.3) is 5.56 Å². The lowest BCUT2D eigenvalue weighted by molar-refractivity contribution is 0.415. The summed E-state index contributed by atoms with van der Waals surface area (Å²) < 4.78 is 5.22. The van der Waals surface area contributed by atoms with E-state index in [4.69, 9.17) is 10.5 Å². The molecule has 3 N–H and O–H groups in total. The molecule has 0 radical (unpaired) electrons. The minimum Gasteiger partial charge on any atom is -0.497 e. The van der Waals surface area contributed by atoms with E-state index in [1.54, 1.807) is 18.9 Å². The summed E-state index contributed by atoms with van der Waals surface area (Å²) in [6.07, 6.45) is 0. The lowest BCUT2D eigenvalue weighted by Crippen LogP contribution is -2.11. The van der Waals surface area contributed by atoms with Crippen LogP contribution in [0.5, 0.6) is 5.75 Å². The summed E-state index contributed by atoms with van der Waals surface area (Å²) >= 11 is 1.56. The number of nitrogen functional groups attached to an aromatic ring is 1. The van der Waals surface area contributed by atoms with E-state index in [9.17, 15) is 4.79 Å². The Bertz CT molecular complexity index is 874. The first-order valence-electron chi connectivity index (χ1n) is 6.84. The standard InChI is InChI=1S/C17H16N2O2S/c1-21-13-6-7-15-11(9-13)8-12(17(20)19-15)10-22-16-5-3-2-4-14(16)18/h2-9H,10,18H2,1H3,(H,19,20). The predicted molar refractivity (Wildman–Crippen MR) is 91.5 cm³/mol. The van der Waals surface area contributed by atoms with Gasteiger partial charge in [-0.15, -0.1) is 11.8 Å². The molecule has 1 aromatic heterocycles. The molecule has 4 nitrogen and oxygen atoms in total. The van der Waals surface area contributed by atoms with Gasteiger partial charge in [0.05, 0.1) is 7.11 Å². The summed E-state index contributed by atoms with van der Waals surface area (Å²) in [6.45, 7) is 0. The van der Waals surface area contributed by atoms with E-state index < -0.39 is 0 Å². The van der Waals surface area contributed by atoms with Gasteiger partial charge in [-0.05, 0) is 36.4 Å². The molecule has 0 saturated carbocycles. The quantitative estimate of drug-likeness (QED) is 0.572. The number of anilines is 1. The molecule has 0 unspecified atom stereocenters. The average molecular weight is 312 g/mol. The minimum absolute atomic E-state index is 0.0698. The van der Waals surface area contributed by atoms with Crippen molar-refractivity contribution >= 4 is 28.4 Å². The minimum atomic E-state index is -0.0698. The first-order chi connectivity index (χ1) is 10.7. The number of hydrogen-bond donors (Lipinski definition) is 2. The Morgan fingerprint density at radius 2 is 2.00 bits per heavy atom. The molecule has 0 aliphatic carbocycles. The third-order valence-corrected chi connectivity index (χ3v) is 4.57. The lowest BCUT2D eigenvalue weighted by Gasteiger charge is -2.07. The van der Waals surface area contributed by atoms with Crippen LogP contribution in [0.1, 0.15) is 5.56 Å². The fraction of sp³-hybridized carbons (Fsp3) is 0.118. The summed E-state index contributed by atoms with van der Waals surface area (Å²) in [6, 6.07) is 15.1. The van der Waals surface area contributed by atoms with Gasteiger partial charge in [-0.2, -0.15) is 0 Å². The number of nitrogens with two attached hydrogens (primary N) is 1. The number of hydrogen-bond acceptors (Lipinski definition) is 4. The maximum Gasteiger partial charge on any atom is 0.252 e. The molecule has 0 fully saturated rings. The number of nitrogens with one attached hydrogen (secondary N) is 1. The van der Waals surface area contributed by atoms with E-state index >= 15 is 0 Å². The van der Waals surface area contributed by atoms with Crippen molar-refractivity contribution in [1.29, 1.82) is 0 Å². The average Bonchev–Trinajstić information content (AvgIpc) is 2.54. The maximum absolute atomic E-state index is 12.2. The first-order valence-corrected chi connectivity index (χ1v) is 7.83. The van der Waals surface area contributed by atoms with Crippen molar-refractivity contribution in [3.63, 3.8) is 0 Å². The van der Waals surface area contributed by atoms with Crippen LogP contribution < -0.4 is 16.0 Å². The van der Waals surface area contributed by atoms with E-state index in [-0.39, 0.29) is 5.56 Å². The maximum atomic E-state index is 12.2. The zero-order chi connectivity index (χ0) is 15.5. The number of para-hydroxylation sites is 1. The van der Waals surface area contributed by atoms with Crippen LogP contribution in [0.25, 0.3) is 10.9 Å². The summed E-state index contributed by atoms with van der Waals surface area (Å²) in [5.74, 6) is 1.34. The SMILES string of the molecule is COc1ccc2[nH]c(=O)c(CSc3ccccc3N)cc2c1. The van der Waals surface area contributed by atoms with E-state index in [1.807, 2.05) is 48.5 Å². The molecule has 0 amide bonds. The van der Waals surface area contributed by atoms with Gasteiger partial charge in [-0.3, -0.25) is 4.79 Å². The fourth-order valence-corrected chi connectivity index (χ4v) is 3.17. The highest BCUT2D eigenvalue weighted by atomic mass is 32.2. The number of aromatic amines is 1. The van der Waals surface area contributed by atoms with E-state index in [1.165, 1.54) is 0 Å². The molecule has 0 aliphatic rings. The third kappa shape index (κ3) is 2.94. The molecule has 0 bridgehead atoms. The molecular formula is C17H16N2O2S. The molecule has 1 heterocycles. The number of fused-ring (bicyclic) bond motifs is 1. The Labute approximate surface area is 132 Å². The Balaban J connectivity index is 1.91. The Hall–Kier alpha value is -2.40. The smallest absolute Gasteiger partial charge is 0.252 e. The van der Waals surface area contributed by atoms with E-state index in [2.05, 4.69) is 4.98 Å². The van der Waals surface area contributed by atoms with Gasteiger partial charge in [-0.25, -0.2) is 0 Å². The highest BCUT2D eigenvalue weighted by Crippen LogP contribution is 2.27. The molecule has 3 rings (SSSR count). The molecule has 3 aromatic rings. The van der Waals surface area contributed by atoms with Gasteiger partial charge in [0.1, 0.15) is 5.75 Å². The van der Waals surface area contributed by atoms with Crippen LogP contribution in [0.3, 0.4) is 0 Å². The van der Waals surface area contributed by atoms with Crippen molar-refractivity contribution in [3.05, 3.63) is 64.4 Å². The van der Waals surface area contributed by atoms with Crippen LogP contribution in [0.2, 0.25) is 0 Å². The fourth-order valence-electron chi connectivity index (χ4n) is 2.23. The van der Waals surface area contributed by atoms with Gasteiger partial charge < -0.3 is 15.5 Å². The third-order valence-electron chi connectivity index (χ3n) is 3.43. The van der Waals surface area contributed by atoms with Crippen molar-refractivity contribution < 1.29 is 4.74 Å². The van der Waals surface area contributed by atoms with Crippen molar-refractivity contribution in [2.75, 3.05) is 12.8 Å². The van der Waals surface area contributed by atoms with Crippen LogP contribution in [0.4, 0.5) is 5.69 Å². The largest absolute Gasteiger partial charge is 0.497 e. The topological polar surface area (TPSA) is 68.1 Å². The molecule has 0 atom stereocenters. The second kappa shape index (κ2) is 6.15. The first kappa shape index (κ1) is 14.5. The number of benzene rings is 2. The Kier molecular flexibility index (Phi) is 4.06. The number of rotatable bonds is 4. The zero-order valence-corrected chi connectivity index (χ0v) is 12.9. The summed E-state index contributed by atoms with van der Waals surface area (Å²) in [5.41, 5.74) is 8.11.